The van der Waals surface area contributed by atoms with Crippen LogP contribution in [-0.4, -0.2) is 18.9 Å². The number of rotatable bonds is 4. The lowest BCUT2D eigenvalue weighted by atomic mass is 10.1. The van der Waals surface area contributed by atoms with Crippen LogP contribution in [0.2, 0.25) is 5.02 Å². The monoisotopic (exact) mass is 472 g/mol. The van der Waals surface area contributed by atoms with E-state index < -0.39 is 0 Å². The maximum atomic E-state index is 13.1. The van der Waals surface area contributed by atoms with E-state index in [2.05, 4.69) is 21.2 Å². The first kappa shape index (κ1) is 19.7. The molecule has 1 N–H and O–H groups in total. The number of carbonyl (C=O) groups is 2. The number of para-hydroxylation sites is 1. The number of benzene rings is 2. The predicted molar refractivity (Wildman–Crippen MR) is 116 cm³/mol. The molecule has 2 aromatic carbocycles. The predicted octanol–water partition coefficient (Wildman–Crippen LogP) is 5.39. The van der Waals surface area contributed by atoms with Gasteiger partial charge < -0.3 is 14.6 Å². The first-order valence-corrected chi connectivity index (χ1v) is 10.3. The van der Waals surface area contributed by atoms with Crippen LogP contribution in [0.25, 0.3) is 0 Å². The maximum absolute atomic E-state index is 13.1. The van der Waals surface area contributed by atoms with Crippen LogP contribution in [0.5, 0.6) is 0 Å². The smallest absolute Gasteiger partial charge is 0.293 e. The zero-order valence-electron chi connectivity index (χ0n) is 15.6. The Balaban J connectivity index is 1.57. The Morgan fingerprint density at radius 1 is 1.17 bits per heavy atom. The van der Waals surface area contributed by atoms with Crippen molar-refractivity contribution in [1.29, 1.82) is 0 Å². The van der Waals surface area contributed by atoms with Gasteiger partial charge in [0.1, 0.15) is 0 Å². The SMILES string of the molecule is CN(C(=O)c1ccc(Br)o1)c1ccccc1C(=O)NC1CCc2cc(Cl)ccc21. The maximum Gasteiger partial charge on any atom is 0.293 e. The number of anilines is 1. The molecule has 1 aliphatic carbocycles. The number of nitrogens with zero attached hydrogens (tertiary/aromatic N) is 1. The fourth-order valence-corrected chi connectivity index (χ4v) is 4.14. The second-order valence-corrected chi connectivity index (χ2v) is 8.11. The summed E-state index contributed by atoms with van der Waals surface area (Å²) in [5.74, 6) is -0.373. The second-order valence-electron chi connectivity index (χ2n) is 6.89. The van der Waals surface area contributed by atoms with Gasteiger partial charge in [-0.3, -0.25) is 9.59 Å². The number of halogens is 2. The molecule has 0 radical (unpaired) electrons. The van der Waals surface area contributed by atoms with E-state index in [1.165, 1.54) is 4.90 Å². The molecule has 1 aromatic heterocycles. The molecule has 0 bridgehead atoms. The van der Waals surface area contributed by atoms with Gasteiger partial charge >= 0.3 is 0 Å². The molecular weight excluding hydrogens is 456 g/mol. The van der Waals surface area contributed by atoms with E-state index in [1.54, 1.807) is 43.4 Å². The zero-order valence-corrected chi connectivity index (χ0v) is 18.0. The van der Waals surface area contributed by atoms with Crippen molar-refractivity contribution in [3.05, 3.63) is 86.7 Å². The van der Waals surface area contributed by atoms with Crippen molar-refractivity contribution in [3.63, 3.8) is 0 Å². The van der Waals surface area contributed by atoms with Crippen molar-refractivity contribution < 1.29 is 14.0 Å². The number of hydrogen-bond acceptors (Lipinski definition) is 3. The van der Waals surface area contributed by atoms with Crippen molar-refractivity contribution in [1.82, 2.24) is 5.32 Å². The minimum Gasteiger partial charge on any atom is -0.444 e. The molecule has 0 saturated carbocycles. The van der Waals surface area contributed by atoms with Crippen molar-refractivity contribution in [3.8, 4) is 0 Å². The van der Waals surface area contributed by atoms with Gasteiger partial charge in [-0.2, -0.15) is 0 Å². The summed E-state index contributed by atoms with van der Waals surface area (Å²) in [4.78, 5) is 27.2. The molecule has 3 aromatic rings. The van der Waals surface area contributed by atoms with Crippen LogP contribution in [-0.2, 0) is 6.42 Å². The molecule has 4 rings (SSSR count). The quantitative estimate of drug-likeness (QED) is 0.553. The minimum absolute atomic E-state index is 0.0788. The van der Waals surface area contributed by atoms with Crippen LogP contribution in [0, 0.1) is 0 Å². The van der Waals surface area contributed by atoms with Gasteiger partial charge in [0.25, 0.3) is 11.8 Å². The Morgan fingerprint density at radius 2 is 1.97 bits per heavy atom. The third-order valence-corrected chi connectivity index (χ3v) is 5.75. The molecule has 1 aliphatic rings. The lowest BCUT2D eigenvalue weighted by molar-refractivity contribution is 0.0937. The molecule has 0 saturated heterocycles. The van der Waals surface area contributed by atoms with Crippen LogP contribution in [0.4, 0.5) is 5.69 Å². The fraction of sp³-hybridized carbons (Fsp3) is 0.182. The Morgan fingerprint density at radius 3 is 2.72 bits per heavy atom. The molecule has 5 nitrogen and oxygen atoms in total. The summed E-state index contributed by atoms with van der Waals surface area (Å²) in [6.45, 7) is 0. The summed E-state index contributed by atoms with van der Waals surface area (Å²) < 4.78 is 5.83. The summed E-state index contributed by atoms with van der Waals surface area (Å²) >= 11 is 9.27. The number of amides is 2. The molecule has 0 fully saturated rings. The van der Waals surface area contributed by atoms with E-state index in [0.717, 1.165) is 24.0 Å². The fourth-order valence-electron chi connectivity index (χ4n) is 3.63. The number of nitrogens with one attached hydrogen (secondary N) is 1. The van der Waals surface area contributed by atoms with E-state index in [-0.39, 0.29) is 23.6 Å². The number of aryl methyl sites for hydroxylation is 1. The average Bonchev–Trinajstić information content (AvgIpc) is 3.32. The summed E-state index contributed by atoms with van der Waals surface area (Å²) in [5, 5.41) is 3.80. The van der Waals surface area contributed by atoms with Gasteiger partial charge in [0, 0.05) is 12.1 Å². The molecular formula is C22H18BrClN2O3. The Kier molecular flexibility index (Phi) is 5.48. The molecule has 0 spiro atoms. The molecule has 0 aliphatic heterocycles. The number of furan rings is 1. The molecule has 7 heteroatoms. The molecule has 1 heterocycles. The number of carbonyl (C=O) groups excluding carboxylic acids is 2. The van der Waals surface area contributed by atoms with Gasteiger partial charge in [0.05, 0.1) is 17.3 Å². The van der Waals surface area contributed by atoms with Crippen LogP contribution in [0.15, 0.2) is 63.7 Å². The highest BCUT2D eigenvalue weighted by atomic mass is 79.9. The largest absolute Gasteiger partial charge is 0.444 e. The number of hydrogen-bond donors (Lipinski definition) is 1. The molecule has 148 valence electrons. The van der Waals surface area contributed by atoms with E-state index >= 15 is 0 Å². The van der Waals surface area contributed by atoms with Gasteiger partial charge in [-0.15, -0.1) is 0 Å². The molecule has 1 atom stereocenters. The topological polar surface area (TPSA) is 62.6 Å². The van der Waals surface area contributed by atoms with Crippen LogP contribution in [0.3, 0.4) is 0 Å². The van der Waals surface area contributed by atoms with Gasteiger partial charge in [-0.05, 0) is 76.3 Å². The highest BCUT2D eigenvalue weighted by Gasteiger charge is 2.27. The van der Waals surface area contributed by atoms with Crippen molar-refractivity contribution in [2.45, 2.75) is 18.9 Å². The minimum atomic E-state index is -0.336. The van der Waals surface area contributed by atoms with E-state index in [9.17, 15) is 9.59 Å². The lowest BCUT2D eigenvalue weighted by Crippen LogP contribution is -2.31. The summed E-state index contributed by atoms with van der Waals surface area (Å²) in [5.41, 5.74) is 3.19. The van der Waals surface area contributed by atoms with Crippen molar-refractivity contribution in [2.24, 2.45) is 0 Å². The van der Waals surface area contributed by atoms with E-state index in [4.69, 9.17) is 16.0 Å². The van der Waals surface area contributed by atoms with Crippen molar-refractivity contribution >= 4 is 45.0 Å². The number of fused-ring (bicyclic) bond motifs is 1. The van der Waals surface area contributed by atoms with Crippen LogP contribution < -0.4 is 10.2 Å². The zero-order chi connectivity index (χ0) is 20.5. The standard InChI is InChI=1S/C22H18BrClN2O3/c1-26(22(28)19-10-11-20(23)29-19)18-5-3-2-4-16(18)21(27)25-17-9-6-13-12-14(24)7-8-15(13)17/h2-5,7-8,10-12,17H,6,9H2,1H3,(H,25,27). The van der Waals surface area contributed by atoms with E-state index in [0.29, 0.717) is 20.9 Å². The van der Waals surface area contributed by atoms with Crippen molar-refractivity contribution in [2.75, 3.05) is 11.9 Å². The van der Waals surface area contributed by atoms with Crippen LogP contribution >= 0.6 is 27.5 Å². The van der Waals surface area contributed by atoms with E-state index in [1.807, 2.05) is 18.2 Å². The summed E-state index contributed by atoms with van der Waals surface area (Å²) in [6.07, 6.45) is 1.69. The third-order valence-electron chi connectivity index (χ3n) is 5.09. The third kappa shape index (κ3) is 3.95. The Hall–Kier alpha value is -2.57. The first-order chi connectivity index (χ1) is 13.9. The summed E-state index contributed by atoms with van der Waals surface area (Å²) in [6, 6.07) is 15.9. The second kappa shape index (κ2) is 8.05. The van der Waals surface area contributed by atoms with Gasteiger partial charge in [-0.25, -0.2) is 0 Å². The van der Waals surface area contributed by atoms with Gasteiger partial charge in [0.15, 0.2) is 10.4 Å². The van der Waals surface area contributed by atoms with Gasteiger partial charge in [0.2, 0.25) is 0 Å². The van der Waals surface area contributed by atoms with Crippen LogP contribution in [0.1, 0.15) is 44.5 Å². The lowest BCUT2D eigenvalue weighted by Gasteiger charge is -2.21. The highest BCUT2D eigenvalue weighted by molar-refractivity contribution is 9.10. The van der Waals surface area contributed by atoms with Gasteiger partial charge in [-0.1, -0.05) is 29.8 Å². The molecule has 2 amide bonds. The first-order valence-electron chi connectivity index (χ1n) is 9.15. The summed E-state index contributed by atoms with van der Waals surface area (Å²) in [7, 11) is 1.62. The Labute approximate surface area is 181 Å². The highest BCUT2D eigenvalue weighted by Crippen LogP contribution is 2.33. The molecule has 29 heavy (non-hydrogen) atoms. The normalized spacial score (nSPS) is 15.1. The molecule has 1 unspecified atom stereocenters. The Bertz CT molecular complexity index is 1100. The average molecular weight is 474 g/mol.